The predicted octanol–water partition coefficient (Wildman–Crippen LogP) is 5.73. The maximum Gasteiger partial charge on any atom is 0.322 e. The normalized spacial score (nSPS) is 11.1. The summed E-state index contributed by atoms with van der Waals surface area (Å²) in [5.41, 5.74) is 3.36. The molecule has 0 aliphatic rings. The highest BCUT2D eigenvalue weighted by atomic mass is 16.5. The fraction of sp³-hybridized carbons (Fsp3) is 0.0741. The molecule has 7 heteroatoms. The molecule has 0 saturated heterocycles. The first-order chi connectivity index (χ1) is 16.6. The standard InChI is InChI=1S/C27H23N3O4/c1-32-24-14-20(13-23(31)17-24)5-6-22-9-12-29-27(30-22)34-26-16-21(15-25(18-26)33-2)4-3-19-7-10-28-11-8-19/h3-18,31H,1-2H3/b4-3+,6-5+. The first-order valence-electron chi connectivity index (χ1n) is 10.5. The van der Waals surface area contributed by atoms with Gasteiger partial charge in [-0.25, -0.2) is 4.98 Å². The molecule has 170 valence electrons. The minimum atomic E-state index is 0.123. The second kappa shape index (κ2) is 10.8. The molecule has 4 aromatic rings. The second-order valence-electron chi connectivity index (χ2n) is 7.22. The summed E-state index contributed by atoms with van der Waals surface area (Å²) in [4.78, 5) is 12.7. The molecule has 0 bridgehead atoms. The van der Waals surface area contributed by atoms with Crippen LogP contribution >= 0.6 is 0 Å². The van der Waals surface area contributed by atoms with Crippen LogP contribution in [-0.2, 0) is 0 Å². The minimum Gasteiger partial charge on any atom is -0.508 e. The Morgan fingerprint density at radius 3 is 2.09 bits per heavy atom. The Labute approximate surface area is 197 Å². The zero-order chi connectivity index (χ0) is 23.8. The molecule has 2 heterocycles. The van der Waals surface area contributed by atoms with E-state index in [1.807, 2.05) is 48.6 Å². The summed E-state index contributed by atoms with van der Waals surface area (Å²) in [6.07, 6.45) is 12.7. The van der Waals surface area contributed by atoms with Crippen LogP contribution in [0, 0.1) is 0 Å². The summed E-state index contributed by atoms with van der Waals surface area (Å²) in [6, 6.07) is 16.4. The van der Waals surface area contributed by atoms with E-state index in [1.165, 1.54) is 0 Å². The largest absolute Gasteiger partial charge is 0.508 e. The molecule has 1 N–H and O–H groups in total. The Kier molecular flexibility index (Phi) is 7.15. The van der Waals surface area contributed by atoms with Crippen molar-refractivity contribution in [2.24, 2.45) is 0 Å². The summed E-state index contributed by atoms with van der Waals surface area (Å²) in [5.74, 6) is 1.89. The Bertz CT molecular complexity index is 1320. The van der Waals surface area contributed by atoms with Crippen molar-refractivity contribution in [3.63, 3.8) is 0 Å². The highest BCUT2D eigenvalue weighted by molar-refractivity contribution is 5.71. The van der Waals surface area contributed by atoms with Crippen LogP contribution in [0.25, 0.3) is 24.3 Å². The number of aromatic nitrogens is 3. The minimum absolute atomic E-state index is 0.123. The van der Waals surface area contributed by atoms with Crippen LogP contribution in [-0.4, -0.2) is 34.3 Å². The van der Waals surface area contributed by atoms with Gasteiger partial charge in [-0.15, -0.1) is 0 Å². The molecule has 2 aromatic carbocycles. The van der Waals surface area contributed by atoms with E-state index in [0.717, 1.165) is 16.7 Å². The average molecular weight is 453 g/mol. The Hall–Kier alpha value is -4.65. The van der Waals surface area contributed by atoms with Crippen LogP contribution in [0.2, 0.25) is 0 Å². The van der Waals surface area contributed by atoms with Crippen molar-refractivity contribution < 1.29 is 19.3 Å². The molecule has 0 aliphatic carbocycles. The van der Waals surface area contributed by atoms with Gasteiger partial charge in [0.05, 0.1) is 19.9 Å². The molecular formula is C27H23N3O4. The van der Waals surface area contributed by atoms with Crippen LogP contribution in [0.15, 0.2) is 73.2 Å². The van der Waals surface area contributed by atoms with Gasteiger partial charge in [-0.2, -0.15) is 4.98 Å². The molecule has 0 radical (unpaired) electrons. The van der Waals surface area contributed by atoms with E-state index in [0.29, 0.717) is 22.9 Å². The van der Waals surface area contributed by atoms with Crippen LogP contribution in [0.4, 0.5) is 0 Å². The molecule has 0 aliphatic heterocycles. The average Bonchev–Trinajstić information content (AvgIpc) is 2.86. The lowest BCUT2D eigenvalue weighted by Gasteiger charge is -2.08. The SMILES string of the molecule is COc1cc(O)cc(/C=C/c2ccnc(Oc3cc(/C=C/c4ccncc4)cc(OC)c3)n2)c1. The van der Waals surface area contributed by atoms with Gasteiger partial charge in [0.25, 0.3) is 0 Å². The zero-order valence-electron chi connectivity index (χ0n) is 18.8. The van der Waals surface area contributed by atoms with Gasteiger partial charge in [0, 0.05) is 30.7 Å². The Morgan fingerprint density at radius 2 is 1.32 bits per heavy atom. The first-order valence-corrected chi connectivity index (χ1v) is 10.5. The third-order valence-corrected chi connectivity index (χ3v) is 4.77. The summed E-state index contributed by atoms with van der Waals surface area (Å²) >= 11 is 0. The lowest BCUT2D eigenvalue weighted by atomic mass is 10.1. The number of phenolic OH excluding ortho intramolecular Hbond substituents is 1. The summed E-state index contributed by atoms with van der Waals surface area (Å²) < 4.78 is 16.5. The number of hydrogen-bond donors (Lipinski definition) is 1. The van der Waals surface area contributed by atoms with E-state index < -0.39 is 0 Å². The van der Waals surface area contributed by atoms with Gasteiger partial charge in [0.2, 0.25) is 0 Å². The van der Waals surface area contributed by atoms with Gasteiger partial charge in [-0.05, 0) is 65.2 Å². The van der Waals surface area contributed by atoms with Crippen molar-refractivity contribution in [2.45, 2.75) is 0 Å². The van der Waals surface area contributed by atoms with Crippen molar-refractivity contribution in [3.8, 4) is 29.0 Å². The zero-order valence-corrected chi connectivity index (χ0v) is 18.8. The van der Waals surface area contributed by atoms with Gasteiger partial charge in [-0.3, -0.25) is 4.98 Å². The number of pyridine rings is 1. The van der Waals surface area contributed by atoms with Gasteiger partial charge in [-0.1, -0.05) is 18.2 Å². The molecule has 2 aromatic heterocycles. The smallest absolute Gasteiger partial charge is 0.322 e. The second-order valence-corrected chi connectivity index (χ2v) is 7.22. The van der Waals surface area contributed by atoms with Crippen molar-refractivity contribution in [2.75, 3.05) is 14.2 Å². The topological polar surface area (TPSA) is 86.6 Å². The van der Waals surface area contributed by atoms with Gasteiger partial charge in [0.1, 0.15) is 23.0 Å². The van der Waals surface area contributed by atoms with E-state index in [-0.39, 0.29) is 11.8 Å². The number of nitrogens with zero attached hydrogens (tertiary/aromatic N) is 3. The number of aromatic hydroxyl groups is 1. The predicted molar refractivity (Wildman–Crippen MR) is 132 cm³/mol. The highest BCUT2D eigenvalue weighted by Gasteiger charge is 2.06. The molecule has 0 unspecified atom stereocenters. The van der Waals surface area contributed by atoms with Crippen molar-refractivity contribution >= 4 is 24.3 Å². The van der Waals surface area contributed by atoms with Crippen molar-refractivity contribution in [3.05, 3.63) is 95.6 Å². The summed E-state index contributed by atoms with van der Waals surface area (Å²) in [5, 5.41) is 9.82. The molecule has 0 atom stereocenters. The fourth-order valence-electron chi connectivity index (χ4n) is 3.14. The third-order valence-electron chi connectivity index (χ3n) is 4.77. The molecule has 0 spiro atoms. The maximum atomic E-state index is 9.82. The Balaban J connectivity index is 1.53. The Morgan fingerprint density at radius 1 is 0.676 bits per heavy atom. The number of phenols is 1. The van der Waals surface area contributed by atoms with E-state index in [1.54, 1.807) is 63.2 Å². The fourth-order valence-corrected chi connectivity index (χ4v) is 3.14. The van der Waals surface area contributed by atoms with E-state index in [2.05, 4.69) is 15.0 Å². The third kappa shape index (κ3) is 6.20. The number of ether oxygens (including phenoxy) is 3. The van der Waals surface area contributed by atoms with E-state index in [4.69, 9.17) is 14.2 Å². The maximum absolute atomic E-state index is 9.82. The lowest BCUT2D eigenvalue weighted by Crippen LogP contribution is -1.94. The lowest BCUT2D eigenvalue weighted by molar-refractivity contribution is 0.404. The number of hydrogen-bond acceptors (Lipinski definition) is 7. The van der Waals surface area contributed by atoms with Crippen molar-refractivity contribution in [1.82, 2.24) is 15.0 Å². The van der Waals surface area contributed by atoms with Gasteiger partial charge < -0.3 is 19.3 Å². The molecule has 4 rings (SSSR count). The molecule has 0 fully saturated rings. The van der Waals surface area contributed by atoms with Gasteiger partial charge >= 0.3 is 6.01 Å². The van der Waals surface area contributed by atoms with Crippen molar-refractivity contribution in [1.29, 1.82) is 0 Å². The summed E-state index contributed by atoms with van der Waals surface area (Å²) in [6.45, 7) is 0. The van der Waals surface area contributed by atoms with Crippen LogP contribution in [0.3, 0.4) is 0 Å². The number of rotatable bonds is 8. The van der Waals surface area contributed by atoms with E-state index in [9.17, 15) is 5.11 Å². The molecule has 0 saturated carbocycles. The summed E-state index contributed by atoms with van der Waals surface area (Å²) in [7, 11) is 3.16. The number of methoxy groups -OCH3 is 2. The van der Waals surface area contributed by atoms with Crippen LogP contribution in [0.1, 0.15) is 22.4 Å². The number of benzene rings is 2. The molecule has 7 nitrogen and oxygen atoms in total. The van der Waals surface area contributed by atoms with E-state index >= 15 is 0 Å². The molecule has 34 heavy (non-hydrogen) atoms. The quantitative estimate of drug-likeness (QED) is 0.365. The molecule has 0 amide bonds. The van der Waals surface area contributed by atoms with Gasteiger partial charge in [0.15, 0.2) is 0 Å². The highest BCUT2D eigenvalue weighted by Crippen LogP contribution is 2.27. The monoisotopic (exact) mass is 453 g/mol. The first kappa shape index (κ1) is 22.5. The van der Waals surface area contributed by atoms with Crippen LogP contribution < -0.4 is 14.2 Å². The van der Waals surface area contributed by atoms with Crippen LogP contribution in [0.5, 0.6) is 29.0 Å². The molecular weight excluding hydrogens is 430 g/mol.